The number of nitrogens with zero attached hydrogens (tertiary/aromatic N) is 3. The third kappa shape index (κ3) is 2.58. The minimum atomic E-state index is -0.861. The van der Waals surface area contributed by atoms with Gasteiger partial charge in [0.2, 0.25) is 5.91 Å². The van der Waals surface area contributed by atoms with E-state index in [-0.39, 0.29) is 18.9 Å². The Labute approximate surface area is 110 Å². The predicted molar refractivity (Wildman–Crippen MR) is 63.9 cm³/mol. The lowest BCUT2D eigenvalue weighted by Crippen LogP contribution is -2.47. The lowest BCUT2D eigenvalue weighted by atomic mass is 10.3. The number of hydrogen-bond donors (Lipinski definition) is 1. The fraction of sp³-hybridized carbons (Fsp3) is 0.636. The molecule has 8 heteroatoms. The summed E-state index contributed by atoms with van der Waals surface area (Å²) in [5.74, 6) is -1.82. The van der Waals surface area contributed by atoms with Gasteiger partial charge in [-0.25, -0.2) is 4.79 Å². The molecule has 19 heavy (non-hydrogen) atoms. The van der Waals surface area contributed by atoms with Gasteiger partial charge in [-0.3, -0.25) is 24.2 Å². The molecule has 2 rings (SSSR count). The summed E-state index contributed by atoms with van der Waals surface area (Å²) in [4.78, 5) is 49.5. The number of piperazine rings is 1. The van der Waals surface area contributed by atoms with Gasteiger partial charge in [-0.2, -0.15) is 0 Å². The molecule has 8 nitrogen and oxygen atoms in total. The smallest absolute Gasteiger partial charge is 0.333 e. The summed E-state index contributed by atoms with van der Waals surface area (Å²) in [6.07, 6.45) is 0.0542. The van der Waals surface area contributed by atoms with E-state index in [4.69, 9.17) is 0 Å². The highest BCUT2D eigenvalue weighted by Gasteiger charge is 2.42. The zero-order valence-electron chi connectivity index (χ0n) is 10.7. The van der Waals surface area contributed by atoms with E-state index in [1.807, 2.05) is 0 Å². The van der Waals surface area contributed by atoms with Crippen molar-refractivity contribution in [2.45, 2.75) is 6.42 Å². The van der Waals surface area contributed by atoms with E-state index < -0.39 is 17.8 Å². The molecule has 1 N–H and O–H groups in total. The molecule has 0 aliphatic carbocycles. The minimum Gasteiger partial charge on any atom is -0.340 e. The zero-order valence-corrected chi connectivity index (χ0v) is 10.7. The fourth-order valence-electron chi connectivity index (χ4n) is 2.09. The Morgan fingerprint density at radius 1 is 1.16 bits per heavy atom. The lowest BCUT2D eigenvalue weighted by molar-refractivity contribution is -0.143. The fourth-order valence-corrected chi connectivity index (χ4v) is 2.09. The molecule has 2 aliphatic rings. The molecule has 0 aromatic rings. The van der Waals surface area contributed by atoms with Gasteiger partial charge in [0.1, 0.15) is 0 Å². The van der Waals surface area contributed by atoms with Crippen LogP contribution in [0.25, 0.3) is 0 Å². The van der Waals surface area contributed by atoms with E-state index in [1.165, 1.54) is 7.05 Å². The highest BCUT2D eigenvalue weighted by Crippen LogP contribution is 2.10. The maximum Gasteiger partial charge on any atom is 0.333 e. The molecule has 0 aromatic heterocycles. The Morgan fingerprint density at radius 3 is 2.32 bits per heavy atom. The van der Waals surface area contributed by atoms with Gasteiger partial charge in [0.25, 0.3) is 0 Å². The van der Waals surface area contributed by atoms with Crippen molar-refractivity contribution in [3.8, 4) is 0 Å². The van der Waals surface area contributed by atoms with Crippen molar-refractivity contribution >= 4 is 23.8 Å². The van der Waals surface area contributed by atoms with Gasteiger partial charge in [0, 0.05) is 46.2 Å². The molecule has 2 fully saturated rings. The first kappa shape index (κ1) is 13.5. The van der Waals surface area contributed by atoms with Crippen molar-refractivity contribution in [3.63, 3.8) is 0 Å². The van der Waals surface area contributed by atoms with Gasteiger partial charge in [-0.05, 0) is 0 Å². The van der Waals surface area contributed by atoms with E-state index in [2.05, 4.69) is 5.32 Å². The number of hydrogen-bond acceptors (Lipinski definition) is 5. The molecule has 5 amide bonds. The SMILES string of the molecule is CN1C(=O)C(=O)N(CCC(=O)N2CCNCC2)C1=O. The Morgan fingerprint density at radius 2 is 1.79 bits per heavy atom. The molecule has 0 bridgehead atoms. The van der Waals surface area contributed by atoms with Crippen LogP contribution in [0.1, 0.15) is 6.42 Å². The summed E-state index contributed by atoms with van der Waals surface area (Å²) in [5, 5.41) is 3.13. The lowest BCUT2D eigenvalue weighted by Gasteiger charge is -2.27. The van der Waals surface area contributed by atoms with Crippen LogP contribution in [0.4, 0.5) is 4.79 Å². The van der Waals surface area contributed by atoms with Gasteiger partial charge in [-0.15, -0.1) is 0 Å². The molecular formula is C11H16N4O4. The average molecular weight is 268 g/mol. The normalized spacial score (nSPS) is 20.5. The third-order valence-electron chi connectivity index (χ3n) is 3.27. The second kappa shape index (κ2) is 5.35. The zero-order chi connectivity index (χ0) is 14.0. The molecule has 2 aliphatic heterocycles. The van der Waals surface area contributed by atoms with E-state index >= 15 is 0 Å². The summed E-state index contributed by atoms with van der Waals surface area (Å²) < 4.78 is 0. The standard InChI is InChI=1S/C11H16N4O4/c1-13-9(17)10(18)15(11(13)19)5-2-8(16)14-6-3-12-4-7-14/h12H,2-7H2,1H3. The summed E-state index contributed by atoms with van der Waals surface area (Å²) in [6, 6.07) is -0.664. The molecule has 104 valence electrons. The van der Waals surface area contributed by atoms with Crippen molar-refractivity contribution < 1.29 is 19.2 Å². The molecule has 2 heterocycles. The Balaban J connectivity index is 1.88. The maximum absolute atomic E-state index is 11.9. The first-order valence-corrected chi connectivity index (χ1v) is 6.14. The van der Waals surface area contributed by atoms with Crippen LogP contribution in [0.2, 0.25) is 0 Å². The largest absolute Gasteiger partial charge is 0.340 e. The third-order valence-corrected chi connectivity index (χ3v) is 3.27. The summed E-state index contributed by atoms with van der Waals surface area (Å²) in [7, 11) is 1.25. The molecular weight excluding hydrogens is 252 g/mol. The van der Waals surface area contributed by atoms with Crippen LogP contribution in [-0.4, -0.2) is 78.2 Å². The van der Waals surface area contributed by atoms with Gasteiger partial charge in [-0.1, -0.05) is 0 Å². The molecule has 0 saturated carbocycles. The van der Waals surface area contributed by atoms with Crippen LogP contribution in [0, 0.1) is 0 Å². The quantitative estimate of drug-likeness (QED) is 0.483. The van der Waals surface area contributed by atoms with Crippen LogP contribution >= 0.6 is 0 Å². The van der Waals surface area contributed by atoms with E-state index in [0.717, 1.165) is 22.9 Å². The minimum absolute atomic E-state index is 0.0451. The number of carbonyl (C=O) groups is 4. The van der Waals surface area contributed by atoms with Crippen molar-refractivity contribution in [1.29, 1.82) is 0 Å². The number of likely N-dealkylation sites (N-methyl/N-ethyl adjacent to an activating group) is 1. The number of urea groups is 1. The molecule has 0 unspecified atom stereocenters. The number of imide groups is 2. The monoisotopic (exact) mass is 268 g/mol. The Bertz CT molecular complexity index is 430. The highest BCUT2D eigenvalue weighted by atomic mass is 16.2. The second-order valence-electron chi connectivity index (χ2n) is 4.48. The first-order chi connectivity index (χ1) is 9.02. The topological polar surface area (TPSA) is 90.0 Å². The van der Waals surface area contributed by atoms with Crippen molar-refractivity contribution in [1.82, 2.24) is 20.0 Å². The van der Waals surface area contributed by atoms with Crippen molar-refractivity contribution in [2.75, 3.05) is 39.8 Å². The van der Waals surface area contributed by atoms with Gasteiger partial charge in [0.05, 0.1) is 0 Å². The maximum atomic E-state index is 11.9. The molecule has 0 spiro atoms. The van der Waals surface area contributed by atoms with Crippen LogP contribution in [0.3, 0.4) is 0 Å². The first-order valence-electron chi connectivity index (χ1n) is 6.14. The van der Waals surface area contributed by atoms with E-state index in [1.54, 1.807) is 4.90 Å². The van der Waals surface area contributed by atoms with Crippen LogP contribution < -0.4 is 5.32 Å². The second-order valence-corrected chi connectivity index (χ2v) is 4.48. The number of carbonyl (C=O) groups excluding carboxylic acids is 4. The van der Waals surface area contributed by atoms with Gasteiger partial charge in [0.15, 0.2) is 0 Å². The van der Waals surface area contributed by atoms with Crippen LogP contribution in [0.5, 0.6) is 0 Å². The van der Waals surface area contributed by atoms with Crippen molar-refractivity contribution in [2.24, 2.45) is 0 Å². The Hall–Kier alpha value is -1.96. The molecule has 0 radical (unpaired) electrons. The van der Waals surface area contributed by atoms with E-state index in [9.17, 15) is 19.2 Å². The summed E-state index contributed by atoms with van der Waals surface area (Å²) >= 11 is 0. The van der Waals surface area contributed by atoms with Crippen LogP contribution in [0.15, 0.2) is 0 Å². The molecule has 2 saturated heterocycles. The van der Waals surface area contributed by atoms with Gasteiger partial charge < -0.3 is 10.2 Å². The number of amides is 5. The molecule has 0 atom stereocenters. The highest BCUT2D eigenvalue weighted by molar-refractivity contribution is 6.44. The number of rotatable bonds is 3. The molecule has 0 aromatic carbocycles. The summed E-state index contributed by atoms with van der Waals surface area (Å²) in [5.41, 5.74) is 0. The van der Waals surface area contributed by atoms with E-state index in [0.29, 0.717) is 13.1 Å². The Kier molecular flexibility index (Phi) is 3.79. The van der Waals surface area contributed by atoms with Crippen molar-refractivity contribution in [3.05, 3.63) is 0 Å². The predicted octanol–water partition coefficient (Wildman–Crippen LogP) is -1.77. The number of nitrogens with one attached hydrogen (secondary N) is 1. The summed E-state index contributed by atoms with van der Waals surface area (Å²) in [6.45, 7) is 2.69. The average Bonchev–Trinajstić information content (AvgIpc) is 2.62. The van der Waals surface area contributed by atoms with Crippen LogP contribution in [-0.2, 0) is 14.4 Å². The van der Waals surface area contributed by atoms with Gasteiger partial charge >= 0.3 is 17.8 Å².